The third-order valence-electron chi connectivity index (χ3n) is 2.61. The molecule has 0 bridgehead atoms. The van der Waals surface area contributed by atoms with E-state index in [1.807, 2.05) is 0 Å². The third-order valence-corrected chi connectivity index (χ3v) is 2.61. The fourth-order valence-electron chi connectivity index (χ4n) is 1.60. The fourth-order valence-corrected chi connectivity index (χ4v) is 1.60. The topological polar surface area (TPSA) is 77.5 Å². The molecule has 0 unspecified atom stereocenters. The van der Waals surface area contributed by atoms with E-state index in [0.29, 0.717) is 6.54 Å². The van der Waals surface area contributed by atoms with Crippen molar-refractivity contribution in [2.45, 2.75) is 6.54 Å². The van der Waals surface area contributed by atoms with Crippen molar-refractivity contribution in [3.8, 4) is 0 Å². The van der Waals surface area contributed by atoms with Crippen LogP contribution in [0.1, 0.15) is 15.9 Å². The number of hydrogen-bond acceptors (Lipinski definition) is 5. The van der Waals surface area contributed by atoms with E-state index in [1.54, 1.807) is 12.3 Å². The second kappa shape index (κ2) is 5.43. The maximum Gasteiger partial charge on any atom is 0.340 e. The summed E-state index contributed by atoms with van der Waals surface area (Å²) in [6.45, 7) is 0.373. The first kappa shape index (κ1) is 12.9. The molecule has 100 valence electrons. The van der Waals surface area contributed by atoms with Gasteiger partial charge in [0.15, 0.2) is 0 Å². The maximum atomic E-state index is 13.7. The number of nitrogen functional groups attached to an aromatic ring is 1. The number of benzene rings is 1. The van der Waals surface area contributed by atoms with Gasteiger partial charge in [0.25, 0.3) is 0 Å². The average molecular weight is 264 g/mol. The van der Waals surface area contributed by atoms with Crippen LogP contribution in [0.25, 0.3) is 0 Å². The molecule has 1 aromatic carbocycles. The summed E-state index contributed by atoms with van der Waals surface area (Å²) in [4.78, 5) is 11.5. The van der Waals surface area contributed by atoms with E-state index in [9.17, 15) is 9.18 Å². The standard InChI is InChI=1S/C13H13FN2O3/c1-18-13(17)9-4-12(10(14)5-11(9)15)16-6-8-2-3-19-7-8/h2-5,7,16H,6,15H2,1H3. The summed E-state index contributed by atoms with van der Waals surface area (Å²) >= 11 is 0. The normalized spacial score (nSPS) is 10.2. The molecule has 5 nitrogen and oxygen atoms in total. The van der Waals surface area contributed by atoms with Crippen LogP contribution in [0.2, 0.25) is 0 Å². The van der Waals surface area contributed by atoms with Crippen molar-refractivity contribution in [1.82, 2.24) is 0 Å². The van der Waals surface area contributed by atoms with Crippen molar-refractivity contribution in [2.24, 2.45) is 0 Å². The molecule has 0 aliphatic carbocycles. The molecule has 0 aliphatic heterocycles. The van der Waals surface area contributed by atoms with Crippen LogP contribution in [0.3, 0.4) is 0 Å². The number of carbonyl (C=O) groups excluding carboxylic acids is 1. The molecule has 0 spiro atoms. The van der Waals surface area contributed by atoms with Gasteiger partial charge in [-0.2, -0.15) is 0 Å². The lowest BCUT2D eigenvalue weighted by Crippen LogP contribution is -2.09. The van der Waals surface area contributed by atoms with Crippen LogP contribution in [0.15, 0.2) is 35.1 Å². The Hall–Kier alpha value is -2.50. The summed E-state index contributed by atoms with van der Waals surface area (Å²) in [7, 11) is 1.24. The molecule has 1 heterocycles. The molecular weight excluding hydrogens is 251 g/mol. The van der Waals surface area contributed by atoms with Crippen LogP contribution in [-0.4, -0.2) is 13.1 Å². The van der Waals surface area contributed by atoms with E-state index < -0.39 is 11.8 Å². The molecule has 2 rings (SSSR count). The summed E-state index contributed by atoms with van der Waals surface area (Å²) < 4.78 is 23.2. The van der Waals surface area contributed by atoms with Gasteiger partial charge in [0.05, 0.1) is 30.9 Å². The number of ether oxygens (including phenoxy) is 1. The molecular formula is C13H13FN2O3. The first-order valence-corrected chi connectivity index (χ1v) is 5.54. The van der Waals surface area contributed by atoms with Crippen LogP contribution in [0.4, 0.5) is 15.8 Å². The quantitative estimate of drug-likeness (QED) is 0.655. The number of nitrogens with two attached hydrogens (primary N) is 1. The molecule has 1 aromatic heterocycles. The average Bonchev–Trinajstić information content (AvgIpc) is 2.90. The van der Waals surface area contributed by atoms with E-state index in [0.717, 1.165) is 11.6 Å². The van der Waals surface area contributed by atoms with Gasteiger partial charge in [0, 0.05) is 17.8 Å². The van der Waals surface area contributed by atoms with Gasteiger partial charge in [-0.05, 0) is 18.2 Å². The lowest BCUT2D eigenvalue weighted by atomic mass is 10.1. The van der Waals surface area contributed by atoms with Gasteiger partial charge in [-0.1, -0.05) is 0 Å². The van der Waals surface area contributed by atoms with E-state index in [2.05, 4.69) is 10.1 Å². The smallest absolute Gasteiger partial charge is 0.340 e. The van der Waals surface area contributed by atoms with Gasteiger partial charge in [-0.3, -0.25) is 0 Å². The number of methoxy groups -OCH3 is 1. The first-order chi connectivity index (χ1) is 9.11. The van der Waals surface area contributed by atoms with Gasteiger partial charge in [0.1, 0.15) is 5.82 Å². The number of rotatable bonds is 4. The molecule has 0 amide bonds. The Morgan fingerprint density at radius 3 is 2.95 bits per heavy atom. The van der Waals surface area contributed by atoms with E-state index >= 15 is 0 Å². The van der Waals surface area contributed by atoms with E-state index in [4.69, 9.17) is 10.2 Å². The monoisotopic (exact) mass is 264 g/mol. The Kier molecular flexibility index (Phi) is 3.70. The van der Waals surface area contributed by atoms with Crippen LogP contribution >= 0.6 is 0 Å². The zero-order valence-electron chi connectivity index (χ0n) is 10.3. The molecule has 6 heteroatoms. The van der Waals surface area contributed by atoms with Crippen LogP contribution < -0.4 is 11.1 Å². The highest BCUT2D eigenvalue weighted by atomic mass is 19.1. The SMILES string of the molecule is COC(=O)c1cc(NCc2ccoc2)c(F)cc1N. The van der Waals surface area contributed by atoms with Crippen molar-refractivity contribution < 1.29 is 18.3 Å². The highest BCUT2D eigenvalue weighted by Gasteiger charge is 2.14. The predicted molar refractivity (Wildman–Crippen MR) is 68.2 cm³/mol. The third kappa shape index (κ3) is 2.85. The second-order valence-electron chi connectivity index (χ2n) is 3.90. The summed E-state index contributed by atoms with van der Waals surface area (Å²) in [5, 5.41) is 2.86. The van der Waals surface area contributed by atoms with Crippen molar-refractivity contribution in [3.05, 3.63) is 47.7 Å². The molecule has 0 radical (unpaired) electrons. The minimum Gasteiger partial charge on any atom is -0.472 e. The van der Waals surface area contributed by atoms with Crippen molar-refractivity contribution in [3.63, 3.8) is 0 Å². The number of hydrogen-bond donors (Lipinski definition) is 2. The highest BCUT2D eigenvalue weighted by molar-refractivity contribution is 5.96. The Morgan fingerprint density at radius 2 is 2.32 bits per heavy atom. The number of esters is 1. The summed E-state index contributed by atoms with van der Waals surface area (Å²) in [6, 6.07) is 4.17. The lowest BCUT2D eigenvalue weighted by molar-refractivity contribution is 0.0602. The molecule has 3 N–H and O–H groups in total. The Balaban J connectivity index is 2.22. The van der Waals surface area contributed by atoms with Gasteiger partial charge in [-0.25, -0.2) is 9.18 Å². The summed E-state index contributed by atoms with van der Waals surface area (Å²) in [5.74, 6) is -1.14. The van der Waals surface area contributed by atoms with Crippen molar-refractivity contribution in [1.29, 1.82) is 0 Å². The lowest BCUT2D eigenvalue weighted by Gasteiger charge is -2.10. The molecule has 0 saturated carbocycles. The summed E-state index contributed by atoms with van der Waals surface area (Å²) in [6.07, 6.45) is 3.07. The van der Waals surface area contributed by atoms with Crippen LogP contribution in [0, 0.1) is 5.82 Å². The zero-order valence-corrected chi connectivity index (χ0v) is 10.3. The molecule has 0 atom stereocenters. The molecule has 0 aliphatic rings. The van der Waals surface area contributed by atoms with Crippen molar-refractivity contribution in [2.75, 3.05) is 18.2 Å². The number of halogens is 1. The maximum absolute atomic E-state index is 13.7. The van der Waals surface area contributed by atoms with Crippen LogP contribution in [-0.2, 0) is 11.3 Å². The zero-order chi connectivity index (χ0) is 13.8. The van der Waals surface area contributed by atoms with E-state index in [-0.39, 0.29) is 16.9 Å². The van der Waals surface area contributed by atoms with Gasteiger partial charge >= 0.3 is 5.97 Å². The summed E-state index contributed by atoms with van der Waals surface area (Å²) in [5.41, 5.74) is 6.77. The highest BCUT2D eigenvalue weighted by Crippen LogP contribution is 2.23. The first-order valence-electron chi connectivity index (χ1n) is 5.54. The number of carbonyl (C=O) groups is 1. The van der Waals surface area contributed by atoms with Crippen LogP contribution in [0.5, 0.6) is 0 Å². The minimum absolute atomic E-state index is 0.0400. The predicted octanol–water partition coefficient (Wildman–Crippen LogP) is 2.40. The largest absolute Gasteiger partial charge is 0.472 e. The number of anilines is 2. The van der Waals surface area contributed by atoms with Crippen molar-refractivity contribution >= 4 is 17.3 Å². The Labute approximate surface area is 109 Å². The fraction of sp³-hybridized carbons (Fsp3) is 0.154. The number of nitrogens with one attached hydrogen (secondary N) is 1. The minimum atomic E-state index is -0.608. The molecule has 0 saturated heterocycles. The van der Waals surface area contributed by atoms with Gasteiger partial charge in [0.2, 0.25) is 0 Å². The number of furan rings is 1. The molecule has 0 fully saturated rings. The van der Waals surface area contributed by atoms with E-state index in [1.165, 1.54) is 19.4 Å². The Morgan fingerprint density at radius 1 is 1.53 bits per heavy atom. The molecule has 2 aromatic rings. The van der Waals surface area contributed by atoms with Gasteiger partial charge in [-0.15, -0.1) is 0 Å². The Bertz CT molecular complexity index is 582. The second-order valence-corrected chi connectivity index (χ2v) is 3.90. The molecule has 19 heavy (non-hydrogen) atoms. The van der Waals surface area contributed by atoms with Gasteiger partial charge < -0.3 is 20.2 Å².